The van der Waals surface area contributed by atoms with Gasteiger partial charge in [0.15, 0.2) is 0 Å². The molecule has 0 aromatic heterocycles. The number of aliphatic hydroxyl groups is 1. The van der Waals surface area contributed by atoms with E-state index < -0.39 is 0 Å². The molecule has 0 unspecified atom stereocenters. The van der Waals surface area contributed by atoms with Crippen LogP contribution in [0, 0.1) is 0 Å². The monoisotopic (exact) mass is 246 g/mol. The van der Waals surface area contributed by atoms with Crippen LogP contribution in [0.1, 0.15) is 12.0 Å². The Morgan fingerprint density at radius 3 is 2.87 bits per heavy atom. The summed E-state index contributed by atoms with van der Waals surface area (Å²) in [6.07, 6.45) is 0.842. The van der Waals surface area contributed by atoms with E-state index in [-0.39, 0.29) is 6.61 Å². The molecule has 1 rings (SSSR count). The van der Waals surface area contributed by atoms with Crippen molar-refractivity contribution in [1.82, 2.24) is 0 Å². The van der Waals surface area contributed by atoms with Gasteiger partial charge in [-0.05, 0) is 29.9 Å². The summed E-state index contributed by atoms with van der Waals surface area (Å²) in [6, 6.07) is 5.81. The molecule has 0 atom stereocenters. The van der Waals surface area contributed by atoms with Gasteiger partial charge in [-0.25, -0.2) is 0 Å². The summed E-state index contributed by atoms with van der Waals surface area (Å²) in [5.41, 5.74) is 1.18. The molecule has 0 heterocycles. The van der Waals surface area contributed by atoms with Crippen LogP contribution in [0.25, 0.3) is 0 Å². The van der Waals surface area contributed by atoms with E-state index in [1.54, 1.807) is 18.9 Å². The first-order valence-corrected chi connectivity index (χ1v) is 6.32. The van der Waals surface area contributed by atoms with Crippen LogP contribution in [-0.4, -0.2) is 24.6 Å². The Hall–Kier alpha value is -0.380. The molecule has 84 valence electrons. The molecule has 0 fully saturated rings. The van der Waals surface area contributed by atoms with Gasteiger partial charge in [-0.2, -0.15) is 11.8 Å². The first kappa shape index (κ1) is 12.7. The van der Waals surface area contributed by atoms with Gasteiger partial charge in [0, 0.05) is 12.4 Å². The molecule has 1 aromatic rings. The largest absolute Gasteiger partial charge is 0.495 e. The van der Waals surface area contributed by atoms with Crippen molar-refractivity contribution in [1.29, 1.82) is 0 Å². The topological polar surface area (TPSA) is 29.5 Å². The number of benzene rings is 1. The van der Waals surface area contributed by atoms with E-state index in [0.717, 1.165) is 17.9 Å². The molecule has 0 aliphatic heterocycles. The Labute approximate surface area is 99.6 Å². The van der Waals surface area contributed by atoms with Gasteiger partial charge >= 0.3 is 0 Å². The molecule has 0 aliphatic rings. The number of hydrogen-bond donors (Lipinski definition) is 1. The van der Waals surface area contributed by atoms with Crippen LogP contribution in [0.4, 0.5) is 0 Å². The fourth-order valence-electron chi connectivity index (χ4n) is 1.16. The highest BCUT2D eigenvalue weighted by Crippen LogP contribution is 2.26. The molecule has 2 nitrogen and oxygen atoms in total. The minimum absolute atomic E-state index is 0.260. The minimum atomic E-state index is 0.260. The Bertz CT molecular complexity index is 305. The maximum atomic E-state index is 8.62. The summed E-state index contributed by atoms with van der Waals surface area (Å²) < 4.78 is 5.07. The molecular weight excluding hydrogens is 232 g/mol. The van der Waals surface area contributed by atoms with Crippen LogP contribution in [0.15, 0.2) is 18.2 Å². The fourth-order valence-corrected chi connectivity index (χ4v) is 2.33. The lowest BCUT2D eigenvalue weighted by atomic mass is 10.2. The van der Waals surface area contributed by atoms with Crippen molar-refractivity contribution in [2.24, 2.45) is 0 Å². The molecule has 15 heavy (non-hydrogen) atoms. The predicted octanol–water partition coefficient (Wildman–Crippen LogP) is 2.96. The zero-order valence-corrected chi connectivity index (χ0v) is 10.3. The maximum absolute atomic E-state index is 8.62. The maximum Gasteiger partial charge on any atom is 0.137 e. The Balaban J connectivity index is 2.45. The second kappa shape index (κ2) is 6.99. The van der Waals surface area contributed by atoms with Gasteiger partial charge in [0.2, 0.25) is 0 Å². The van der Waals surface area contributed by atoms with E-state index in [9.17, 15) is 0 Å². The quantitative estimate of drug-likeness (QED) is 0.783. The smallest absolute Gasteiger partial charge is 0.137 e. The zero-order valence-electron chi connectivity index (χ0n) is 8.70. The predicted molar refractivity (Wildman–Crippen MR) is 65.9 cm³/mol. The van der Waals surface area contributed by atoms with Crippen molar-refractivity contribution >= 4 is 23.4 Å². The third-order valence-corrected chi connectivity index (χ3v) is 3.34. The molecule has 0 bridgehead atoms. The fraction of sp³-hybridized carbons (Fsp3) is 0.455. The number of thioether (sulfide) groups is 1. The zero-order chi connectivity index (χ0) is 11.1. The number of hydrogen-bond acceptors (Lipinski definition) is 3. The lowest BCUT2D eigenvalue weighted by Gasteiger charge is -2.05. The van der Waals surface area contributed by atoms with E-state index >= 15 is 0 Å². The summed E-state index contributed by atoms with van der Waals surface area (Å²) in [5, 5.41) is 9.28. The van der Waals surface area contributed by atoms with Gasteiger partial charge < -0.3 is 9.84 Å². The highest BCUT2D eigenvalue weighted by molar-refractivity contribution is 7.98. The van der Waals surface area contributed by atoms with Gasteiger partial charge in [-0.3, -0.25) is 0 Å². The van der Waals surface area contributed by atoms with Crippen LogP contribution in [0.2, 0.25) is 5.02 Å². The second-order valence-electron chi connectivity index (χ2n) is 3.10. The van der Waals surface area contributed by atoms with Gasteiger partial charge in [-0.1, -0.05) is 17.7 Å². The molecule has 0 saturated heterocycles. The number of ether oxygens (including phenoxy) is 1. The van der Waals surface area contributed by atoms with Crippen molar-refractivity contribution < 1.29 is 9.84 Å². The van der Waals surface area contributed by atoms with Crippen molar-refractivity contribution in [2.45, 2.75) is 12.2 Å². The summed E-state index contributed by atoms with van der Waals surface area (Å²) in [4.78, 5) is 0. The summed E-state index contributed by atoms with van der Waals surface area (Å²) in [6.45, 7) is 0.260. The SMILES string of the molecule is COc1ccc(CSCCCO)cc1Cl. The lowest BCUT2D eigenvalue weighted by Crippen LogP contribution is -1.89. The summed E-state index contributed by atoms with van der Waals surface area (Å²) >= 11 is 7.79. The van der Waals surface area contributed by atoms with Gasteiger partial charge in [-0.15, -0.1) is 0 Å². The Morgan fingerprint density at radius 1 is 1.47 bits per heavy atom. The summed E-state index contributed by atoms with van der Waals surface area (Å²) in [7, 11) is 1.61. The van der Waals surface area contributed by atoms with Crippen LogP contribution < -0.4 is 4.74 Å². The molecule has 0 amide bonds. The second-order valence-corrected chi connectivity index (χ2v) is 4.61. The van der Waals surface area contributed by atoms with E-state index in [1.165, 1.54) is 5.56 Å². The number of rotatable bonds is 6. The molecule has 1 aromatic carbocycles. The van der Waals surface area contributed by atoms with Crippen LogP contribution in [-0.2, 0) is 5.75 Å². The molecular formula is C11H15ClO2S. The van der Waals surface area contributed by atoms with Crippen molar-refractivity contribution in [3.63, 3.8) is 0 Å². The van der Waals surface area contributed by atoms with E-state index in [2.05, 4.69) is 0 Å². The lowest BCUT2D eigenvalue weighted by molar-refractivity contribution is 0.296. The van der Waals surface area contributed by atoms with E-state index in [1.807, 2.05) is 18.2 Å². The van der Waals surface area contributed by atoms with Gasteiger partial charge in [0.1, 0.15) is 5.75 Å². The van der Waals surface area contributed by atoms with Gasteiger partial charge in [0.25, 0.3) is 0 Å². The third kappa shape index (κ3) is 4.33. The highest BCUT2D eigenvalue weighted by atomic mass is 35.5. The third-order valence-electron chi connectivity index (χ3n) is 1.93. The minimum Gasteiger partial charge on any atom is -0.495 e. The van der Waals surface area contributed by atoms with Crippen LogP contribution in [0.3, 0.4) is 0 Å². The average Bonchev–Trinajstić information content (AvgIpc) is 2.25. The average molecular weight is 247 g/mol. The van der Waals surface area contributed by atoms with Crippen molar-refractivity contribution in [3.05, 3.63) is 28.8 Å². The molecule has 0 saturated carbocycles. The van der Waals surface area contributed by atoms with E-state index in [4.69, 9.17) is 21.4 Å². The number of methoxy groups -OCH3 is 1. The molecule has 1 N–H and O–H groups in total. The molecule has 0 radical (unpaired) electrons. The van der Waals surface area contributed by atoms with Crippen LogP contribution in [0.5, 0.6) is 5.75 Å². The molecule has 0 aliphatic carbocycles. The van der Waals surface area contributed by atoms with Crippen molar-refractivity contribution in [2.75, 3.05) is 19.5 Å². The normalized spacial score (nSPS) is 10.3. The number of aliphatic hydroxyl groups excluding tert-OH is 1. The van der Waals surface area contributed by atoms with Crippen LogP contribution >= 0.6 is 23.4 Å². The Kier molecular flexibility index (Phi) is 5.91. The molecule has 0 spiro atoms. The Morgan fingerprint density at radius 2 is 2.27 bits per heavy atom. The first-order valence-electron chi connectivity index (χ1n) is 4.79. The number of halogens is 1. The van der Waals surface area contributed by atoms with Gasteiger partial charge in [0.05, 0.1) is 12.1 Å². The summed E-state index contributed by atoms with van der Waals surface area (Å²) in [5.74, 6) is 2.60. The first-order chi connectivity index (χ1) is 7.27. The standard InChI is InChI=1S/C11H15ClO2S/c1-14-11-4-3-9(7-10(11)12)8-15-6-2-5-13/h3-4,7,13H,2,5-6,8H2,1H3. The van der Waals surface area contributed by atoms with E-state index in [0.29, 0.717) is 10.8 Å². The highest BCUT2D eigenvalue weighted by Gasteiger charge is 2.01. The van der Waals surface area contributed by atoms with Crippen molar-refractivity contribution in [3.8, 4) is 5.75 Å². The molecule has 4 heteroatoms.